The summed E-state index contributed by atoms with van der Waals surface area (Å²) in [6.07, 6.45) is 0. The molecule has 0 spiro atoms. The van der Waals surface area contributed by atoms with E-state index in [2.05, 4.69) is 35.7 Å². The lowest BCUT2D eigenvalue weighted by Crippen LogP contribution is -2.72. The number of nitrogens with one attached hydrogen (secondary N) is 3. The van der Waals surface area contributed by atoms with Crippen LogP contribution in [-0.2, 0) is 28.8 Å². The summed E-state index contributed by atoms with van der Waals surface area (Å²) in [6.45, 7) is 0. The number of hydrogen-bond acceptors (Lipinski definition) is 9. The van der Waals surface area contributed by atoms with Crippen LogP contribution in [-0.4, -0.2) is 66.6 Å². The number of nitrogens with zero attached hydrogens (tertiary/aromatic N) is 2. The summed E-state index contributed by atoms with van der Waals surface area (Å²) in [6, 6.07) is -2.10. The number of carbonyl (C=O) groups excluding carboxylic acids is 4. The zero-order valence-corrected chi connectivity index (χ0v) is 15.1. The van der Waals surface area contributed by atoms with Gasteiger partial charge in [0.25, 0.3) is 5.91 Å². The maximum Gasteiger partial charge on any atom is 0.331 e. The molecular weight excluding hydrogens is 390 g/mol. The molecule has 1 aliphatic heterocycles. The van der Waals surface area contributed by atoms with E-state index in [-0.39, 0.29) is 22.4 Å². The van der Waals surface area contributed by atoms with E-state index in [1.54, 1.807) is 0 Å². The van der Waals surface area contributed by atoms with Crippen LogP contribution in [0, 0.1) is 0 Å². The SMILES string of the molecule is CO/N=C(\C(=O)N[C@H]1C(=O)N[C@H]1C(=O)OC)c1csc(NC(=O)CCl)n1. The first kappa shape index (κ1) is 19.6. The Kier molecular flexibility index (Phi) is 6.46. The molecule has 13 heteroatoms. The predicted octanol–water partition coefficient (Wildman–Crippen LogP) is -1.17. The highest BCUT2D eigenvalue weighted by Gasteiger charge is 2.46. The Labute approximate surface area is 156 Å². The van der Waals surface area contributed by atoms with E-state index in [9.17, 15) is 19.2 Å². The van der Waals surface area contributed by atoms with Crippen LogP contribution in [0.15, 0.2) is 10.5 Å². The summed E-state index contributed by atoms with van der Waals surface area (Å²) in [5.41, 5.74) is -0.132. The number of methoxy groups -OCH3 is 1. The van der Waals surface area contributed by atoms with Crippen LogP contribution in [0.1, 0.15) is 5.69 Å². The average Bonchev–Trinajstić information content (AvgIpc) is 3.08. The maximum absolute atomic E-state index is 12.4. The second-order valence-corrected chi connectivity index (χ2v) is 5.93. The highest BCUT2D eigenvalue weighted by atomic mass is 35.5. The number of oxime groups is 1. The lowest BCUT2D eigenvalue weighted by Gasteiger charge is -2.34. The molecule has 1 aliphatic rings. The molecule has 1 fully saturated rings. The van der Waals surface area contributed by atoms with E-state index in [4.69, 9.17) is 11.6 Å². The first-order valence-electron chi connectivity index (χ1n) is 7.03. The highest BCUT2D eigenvalue weighted by molar-refractivity contribution is 7.14. The third-order valence-electron chi connectivity index (χ3n) is 3.17. The number of β-lactam (4-membered cyclic amide) rings is 1. The molecule has 140 valence electrons. The Balaban J connectivity index is 2.13. The summed E-state index contributed by atoms with van der Waals surface area (Å²) in [7, 11) is 2.39. The van der Waals surface area contributed by atoms with Crippen LogP contribution in [0.3, 0.4) is 0 Å². The Bertz CT molecular complexity index is 766. The molecule has 0 saturated carbocycles. The maximum atomic E-state index is 12.4. The van der Waals surface area contributed by atoms with Gasteiger partial charge in [-0.1, -0.05) is 5.16 Å². The Morgan fingerprint density at radius 3 is 2.73 bits per heavy atom. The zero-order valence-electron chi connectivity index (χ0n) is 13.6. The number of carbonyl (C=O) groups is 4. The number of alkyl halides is 1. The fraction of sp³-hybridized carbons (Fsp3) is 0.385. The van der Waals surface area contributed by atoms with E-state index in [1.165, 1.54) is 12.5 Å². The van der Waals surface area contributed by atoms with Crippen LogP contribution in [0.4, 0.5) is 5.13 Å². The van der Waals surface area contributed by atoms with Crippen molar-refractivity contribution in [2.75, 3.05) is 25.4 Å². The third kappa shape index (κ3) is 4.26. The Hall–Kier alpha value is -2.73. The second kappa shape index (κ2) is 8.58. The van der Waals surface area contributed by atoms with Crippen molar-refractivity contribution < 1.29 is 28.8 Å². The molecule has 1 aromatic heterocycles. The van der Waals surface area contributed by atoms with Crippen molar-refractivity contribution in [3.8, 4) is 0 Å². The Morgan fingerprint density at radius 2 is 2.15 bits per heavy atom. The first-order chi connectivity index (χ1) is 12.4. The molecule has 2 heterocycles. The van der Waals surface area contributed by atoms with Gasteiger partial charge in [0.05, 0.1) is 7.11 Å². The minimum atomic E-state index is -1.11. The van der Waals surface area contributed by atoms with Gasteiger partial charge in [0.15, 0.2) is 16.9 Å². The summed E-state index contributed by atoms with van der Waals surface area (Å²) in [4.78, 5) is 55.5. The fourth-order valence-electron chi connectivity index (χ4n) is 1.95. The van der Waals surface area contributed by atoms with Crippen molar-refractivity contribution in [3.05, 3.63) is 11.1 Å². The minimum Gasteiger partial charge on any atom is -0.467 e. The lowest BCUT2D eigenvalue weighted by atomic mass is 9.99. The molecular formula is C13H14ClN5O6S. The summed E-state index contributed by atoms with van der Waals surface area (Å²) >= 11 is 6.44. The number of thiazole rings is 1. The molecule has 0 bridgehead atoms. The zero-order chi connectivity index (χ0) is 19.3. The monoisotopic (exact) mass is 403 g/mol. The van der Waals surface area contributed by atoms with Gasteiger partial charge < -0.3 is 25.5 Å². The van der Waals surface area contributed by atoms with Gasteiger partial charge in [0.1, 0.15) is 24.7 Å². The quantitative estimate of drug-likeness (QED) is 0.171. The molecule has 11 nitrogen and oxygen atoms in total. The number of hydrogen-bond donors (Lipinski definition) is 3. The molecule has 1 aromatic rings. The van der Waals surface area contributed by atoms with Crippen LogP contribution in [0.5, 0.6) is 0 Å². The van der Waals surface area contributed by atoms with E-state index in [0.717, 1.165) is 18.4 Å². The van der Waals surface area contributed by atoms with Gasteiger partial charge >= 0.3 is 5.97 Å². The van der Waals surface area contributed by atoms with Gasteiger partial charge in [-0.05, 0) is 0 Å². The molecule has 26 heavy (non-hydrogen) atoms. The lowest BCUT2D eigenvalue weighted by molar-refractivity contribution is -0.153. The molecule has 0 aromatic carbocycles. The van der Waals surface area contributed by atoms with E-state index < -0.39 is 35.8 Å². The van der Waals surface area contributed by atoms with Gasteiger partial charge in [0.2, 0.25) is 11.8 Å². The minimum absolute atomic E-state index is 0.105. The third-order valence-corrected chi connectivity index (χ3v) is 4.17. The molecule has 3 N–H and O–H groups in total. The normalized spacial score (nSPS) is 19.0. The molecule has 3 amide bonds. The van der Waals surface area contributed by atoms with Crippen LogP contribution in [0.2, 0.25) is 0 Å². The number of halogens is 1. The molecule has 2 atom stereocenters. The number of rotatable bonds is 7. The van der Waals surface area contributed by atoms with E-state index in [0.29, 0.717) is 0 Å². The number of aromatic nitrogens is 1. The second-order valence-electron chi connectivity index (χ2n) is 4.80. The van der Waals surface area contributed by atoms with Gasteiger partial charge in [-0.15, -0.1) is 22.9 Å². The molecule has 0 radical (unpaired) electrons. The molecule has 0 aliphatic carbocycles. The van der Waals surface area contributed by atoms with Crippen molar-refractivity contribution in [3.63, 3.8) is 0 Å². The summed E-state index contributed by atoms with van der Waals surface area (Å²) < 4.78 is 4.54. The van der Waals surface area contributed by atoms with Gasteiger partial charge in [-0.3, -0.25) is 14.4 Å². The number of anilines is 1. The summed E-state index contributed by atoms with van der Waals surface area (Å²) in [5, 5.41) is 12.4. The van der Waals surface area contributed by atoms with Gasteiger partial charge in [0, 0.05) is 5.38 Å². The fourth-order valence-corrected chi connectivity index (χ4v) is 2.73. The smallest absolute Gasteiger partial charge is 0.331 e. The first-order valence-corrected chi connectivity index (χ1v) is 8.44. The summed E-state index contributed by atoms with van der Waals surface area (Å²) in [5.74, 6) is -2.74. The van der Waals surface area contributed by atoms with Crippen molar-refractivity contribution >= 4 is 57.5 Å². The number of ether oxygens (including phenoxy) is 1. The topological polar surface area (TPSA) is 148 Å². The number of amides is 3. The van der Waals surface area contributed by atoms with Crippen molar-refractivity contribution in [2.24, 2.45) is 5.16 Å². The largest absolute Gasteiger partial charge is 0.467 e. The van der Waals surface area contributed by atoms with Crippen LogP contribution in [0.25, 0.3) is 0 Å². The molecule has 1 saturated heterocycles. The van der Waals surface area contributed by atoms with E-state index >= 15 is 0 Å². The van der Waals surface area contributed by atoms with Crippen molar-refractivity contribution in [2.45, 2.75) is 12.1 Å². The van der Waals surface area contributed by atoms with E-state index in [1.807, 2.05) is 0 Å². The number of esters is 1. The standard InChI is InChI=1S/C13H14ClN5O6S/c1-24-12(23)9-8(11(22)18-9)17-10(21)7(19-25-2)5-4-26-13(15-5)16-6(20)3-14/h4,8-9H,3H2,1-2H3,(H,17,21)(H,18,22)(H,15,16,20)/b19-7-/t8-,9-/m1/s1. The molecule has 0 unspecified atom stereocenters. The Morgan fingerprint density at radius 1 is 1.42 bits per heavy atom. The molecule has 2 rings (SSSR count). The highest BCUT2D eigenvalue weighted by Crippen LogP contribution is 2.17. The van der Waals surface area contributed by atoms with Crippen molar-refractivity contribution in [1.29, 1.82) is 0 Å². The van der Waals surface area contributed by atoms with Crippen LogP contribution >= 0.6 is 22.9 Å². The van der Waals surface area contributed by atoms with Gasteiger partial charge in [-0.2, -0.15) is 0 Å². The van der Waals surface area contributed by atoms with Crippen LogP contribution < -0.4 is 16.0 Å². The predicted molar refractivity (Wildman–Crippen MR) is 90.9 cm³/mol. The van der Waals surface area contributed by atoms with Gasteiger partial charge in [-0.25, -0.2) is 9.78 Å². The average molecular weight is 404 g/mol. The van der Waals surface area contributed by atoms with Crippen molar-refractivity contribution in [1.82, 2.24) is 15.6 Å².